The van der Waals surface area contributed by atoms with Crippen LogP contribution in [0.5, 0.6) is 0 Å². The molecule has 8 heteroatoms. The number of carbonyl (C=O) groups excluding carboxylic acids is 1. The van der Waals surface area contributed by atoms with Gasteiger partial charge in [0.2, 0.25) is 0 Å². The number of aromatic nitrogens is 2. The summed E-state index contributed by atoms with van der Waals surface area (Å²) < 4.78 is 16.8. The third kappa shape index (κ3) is 5.25. The number of nitrogens with one attached hydrogen (secondary N) is 4. The summed E-state index contributed by atoms with van der Waals surface area (Å²) in [6.07, 6.45) is 12.9. The average molecular weight is 493 g/mol. The number of likely N-dealkylation sites (N-methyl/N-ethyl adjacent to an activating group) is 1. The van der Waals surface area contributed by atoms with Gasteiger partial charge in [-0.1, -0.05) is 12.8 Å². The number of fused-ring (bicyclic) bond motifs is 1. The maximum Gasteiger partial charge on any atom is 0.174 e. The first kappa shape index (κ1) is 24.7. The number of hydrogen-bond acceptors (Lipinski definition) is 6. The minimum Gasteiger partial charge on any atom is -0.394 e. The van der Waals surface area contributed by atoms with E-state index in [1.807, 2.05) is 38.6 Å². The van der Waals surface area contributed by atoms with Gasteiger partial charge in [0.1, 0.15) is 17.7 Å². The van der Waals surface area contributed by atoms with Crippen LogP contribution in [0.3, 0.4) is 0 Å². The standard InChI is InChI=1S/C28H37FN6O/c1-30-15-21(16-31-2)20-11-18(12-22(29)13-20)14-32-17-25(36)26-27-24(9-10-33-26)34-28(19-5-3-4-6-19)35(27)23-7-8-23/h9-13,15,19,23,26,30-33H,3-8,14,16-17H2,1-2H3/b21-15+. The molecule has 7 nitrogen and oxygen atoms in total. The van der Waals surface area contributed by atoms with Gasteiger partial charge < -0.3 is 25.8 Å². The number of ketones is 1. The average Bonchev–Trinajstić information content (AvgIpc) is 3.40. The highest BCUT2D eigenvalue weighted by Gasteiger charge is 2.38. The molecule has 5 rings (SSSR count). The number of Topliss-reactive ketones (excluding diaryl/α,β-unsaturated/α-hetero) is 1. The van der Waals surface area contributed by atoms with Crippen LogP contribution in [0, 0.1) is 5.82 Å². The quantitative estimate of drug-likeness (QED) is 0.382. The smallest absolute Gasteiger partial charge is 0.174 e. The predicted octanol–water partition coefficient (Wildman–Crippen LogP) is 3.77. The Morgan fingerprint density at radius 3 is 2.69 bits per heavy atom. The number of halogens is 1. The monoisotopic (exact) mass is 492 g/mol. The first-order chi connectivity index (χ1) is 17.6. The van der Waals surface area contributed by atoms with Gasteiger partial charge in [-0.05, 0) is 79.9 Å². The highest BCUT2D eigenvalue weighted by atomic mass is 19.1. The van der Waals surface area contributed by atoms with Gasteiger partial charge in [0.05, 0.1) is 17.9 Å². The summed E-state index contributed by atoms with van der Waals surface area (Å²) in [4.78, 5) is 18.4. The summed E-state index contributed by atoms with van der Waals surface area (Å²) in [5.74, 6) is 1.47. The van der Waals surface area contributed by atoms with E-state index in [9.17, 15) is 9.18 Å². The fourth-order valence-corrected chi connectivity index (χ4v) is 5.60. The van der Waals surface area contributed by atoms with Crippen molar-refractivity contribution in [3.63, 3.8) is 0 Å². The van der Waals surface area contributed by atoms with E-state index < -0.39 is 6.04 Å². The van der Waals surface area contributed by atoms with Crippen molar-refractivity contribution in [1.29, 1.82) is 0 Å². The number of rotatable bonds is 11. The molecule has 192 valence electrons. The zero-order valence-electron chi connectivity index (χ0n) is 21.2. The molecule has 2 heterocycles. The molecule has 0 saturated heterocycles. The van der Waals surface area contributed by atoms with Gasteiger partial charge in [0.25, 0.3) is 0 Å². The Hall–Kier alpha value is -2.97. The first-order valence-electron chi connectivity index (χ1n) is 13.2. The van der Waals surface area contributed by atoms with E-state index in [1.54, 1.807) is 0 Å². The summed E-state index contributed by atoms with van der Waals surface area (Å²) in [5.41, 5.74) is 4.55. The van der Waals surface area contributed by atoms with E-state index >= 15 is 0 Å². The van der Waals surface area contributed by atoms with Crippen LogP contribution in [0.2, 0.25) is 0 Å². The van der Waals surface area contributed by atoms with E-state index in [0.717, 1.165) is 40.9 Å². The number of benzene rings is 1. The molecule has 2 aromatic rings. The minimum atomic E-state index is -0.412. The second kappa shape index (κ2) is 11.0. The molecule has 2 aliphatic carbocycles. The first-order valence-corrected chi connectivity index (χ1v) is 13.2. The Bertz CT molecular complexity index is 1160. The molecule has 1 aromatic carbocycles. The lowest BCUT2D eigenvalue weighted by Gasteiger charge is -2.23. The van der Waals surface area contributed by atoms with Gasteiger partial charge in [-0.3, -0.25) is 4.79 Å². The normalized spacial score (nSPS) is 19.9. The summed E-state index contributed by atoms with van der Waals surface area (Å²) in [7, 11) is 3.69. The molecule has 0 spiro atoms. The van der Waals surface area contributed by atoms with Crippen LogP contribution < -0.4 is 21.3 Å². The molecule has 1 atom stereocenters. The lowest BCUT2D eigenvalue weighted by molar-refractivity contribution is -0.120. The van der Waals surface area contributed by atoms with Crippen molar-refractivity contribution in [2.45, 2.75) is 63.1 Å². The number of imidazole rings is 1. The SMILES string of the molecule is CN/C=C(\CNC)c1cc(F)cc(CNCC(=O)C2NC=Cc3nc(C4CCCC4)n(C4CC4)c32)c1. The topological polar surface area (TPSA) is 83.0 Å². The second-order valence-electron chi connectivity index (χ2n) is 10.2. The summed E-state index contributed by atoms with van der Waals surface area (Å²) in [6, 6.07) is 5.08. The number of nitrogens with zero attached hydrogens (tertiary/aromatic N) is 2. The van der Waals surface area contributed by atoms with Crippen LogP contribution in [-0.2, 0) is 11.3 Å². The molecule has 36 heavy (non-hydrogen) atoms. The van der Waals surface area contributed by atoms with E-state index in [0.29, 0.717) is 25.0 Å². The van der Waals surface area contributed by atoms with E-state index in [2.05, 4.69) is 25.8 Å². The molecular formula is C28H37FN6O. The maximum atomic E-state index is 14.4. The van der Waals surface area contributed by atoms with Gasteiger partial charge >= 0.3 is 0 Å². The highest BCUT2D eigenvalue weighted by Crippen LogP contribution is 2.44. The lowest BCUT2D eigenvalue weighted by Crippen LogP contribution is -2.36. The van der Waals surface area contributed by atoms with Gasteiger partial charge in [-0.25, -0.2) is 9.37 Å². The third-order valence-electron chi connectivity index (χ3n) is 7.38. The molecule has 1 aliphatic heterocycles. The fraction of sp³-hybridized carbons (Fsp3) is 0.500. The third-order valence-corrected chi connectivity index (χ3v) is 7.38. The van der Waals surface area contributed by atoms with Gasteiger partial charge in [0, 0.05) is 38.3 Å². The maximum absolute atomic E-state index is 14.4. The predicted molar refractivity (Wildman–Crippen MR) is 141 cm³/mol. The number of hydrogen-bond donors (Lipinski definition) is 4. The van der Waals surface area contributed by atoms with E-state index in [-0.39, 0.29) is 18.1 Å². The van der Waals surface area contributed by atoms with Crippen LogP contribution >= 0.6 is 0 Å². The Morgan fingerprint density at radius 1 is 1.17 bits per heavy atom. The fourth-order valence-electron chi connectivity index (χ4n) is 5.60. The second-order valence-corrected chi connectivity index (χ2v) is 10.2. The Morgan fingerprint density at radius 2 is 1.97 bits per heavy atom. The van der Waals surface area contributed by atoms with Crippen molar-refractivity contribution in [1.82, 2.24) is 30.8 Å². The van der Waals surface area contributed by atoms with Crippen molar-refractivity contribution >= 4 is 17.4 Å². The Labute approximate surface area is 212 Å². The Kier molecular flexibility index (Phi) is 7.53. The van der Waals surface area contributed by atoms with Crippen molar-refractivity contribution in [3.8, 4) is 0 Å². The molecule has 0 amide bonds. The van der Waals surface area contributed by atoms with Gasteiger partial charge in [0.15, 0.2) is 5.78 Å². The molecule has 1 aromatic heterocycles. The molecule has 0 radical (unpaired) electrons. The van der Waals surface area contributed by atoms with Crippen LogP contribution in [0.25, 0.3) is 11.6 Å². The highest BCUT2D eigenvalue weighted by molar-refractivity contribution is 5.88. The molecule has 2 fully saturated rings. The summed E-state index contributed by atoms with van der Waals surface area (Å²) >= 11 is 0. The molecule has 4 N–H and O–H groups in total. The van der Waals surface area contributed by atoms with Crippen LogP contribution in [0.1, 0.15) is 84.9 Å². The van der Waals surface area contributed by atoms with Crippen molar-refractivity contribution in [2.75, 3.05) is 27.2 Å². The van der Waals surface area contributed by atoms with E-state index in [4.69, 9.17) is 4.98 Å². The molecule has 1 unspecified atom stereocenters. The van der Waals surface area contributed by atoms with Crippen molar-refractivity contribution in [3.05, 3.63) is 64.8 Å². The zero-order valence-corrected chi connectivity index (χ0v) is 21.2. The van der Waals surface area contributed by atoms with Gasteiger partial charge in [-0.15, -0.1) is 0 Å². The lowest BCUT2D eigenvalue weighted by atomic mass is 10.0. The van der Waals surface area contributed by atoms with Crippen LogP contribution in [-0.4, -0.2) is 42.5 Å². The molecule has 0 bridgehead atoms. The van der Waals surface area contributed by atoms with Crippen LogP contribution in [0.4, 0.5) is 4.39 Å². The molecule has 2 saturated carbocycles. The van der Waals surface area contributed by atoms with Crippen molar-refractivity contribution < 1.29 is 9.18 Å². The minimum absolute atomic E-state index is 0.0722. The van der Waals surface area contributed by atoms with Crippen molar-refractivity contribution in [2.24, 2.45) is 0 Å². The Balaban J connectivity index is 1.29. The van der Waals surface area contributed by atoms with Crippen LogP contribution in [0.15, 0.2) is 30.6 Å². The molecular weight excluding hydrogens is 455 g/mol. The van der Waals surface area contributed by atoms with E-state index in [1.165, 1.54) is 43.6 Å². The zero-order chi connectivity index (χ0) is 25.1. The summed E-state index contributed by atoms with van der Waals surface area (Å²) in [5, 5.41) is 12.7. The molecule has 3 aliphatic rings. The number of carbonyl (C=O) groups is 1. The largest absolute Gasteiger partial charge is 0.394 e. The summed E-state index contributed by atoms with van der Waals surface area (Å²) in [6.45, 7) is 1.23. The van der Waals surface area contributed by atoms with Gasteiger partial charge in [-0.2, -0.15) is 0 Å².